The van der Waals surface area contributed by atoms with Crippen LogP contribution in [0.15, 0.2) is 41.0 Å². The quantitative estimate of drug-likeness (QED) is 0.902. The van der Waals surface area contributed by atoms with Gasteiger partial charge in [0.2, 0.25) is 0 Å². The Morgan fingerprint density at radius 1 is 1.40 bits per heavy atom. The van der Waals surface area contributed by atoms with E-state index >= 15 is 0 Å². The molecular formula is C16H20BrN3. The average molecular weight is 334 g/mol. The number of aromatic nitrogens is 2. The summed E-state index contributed by atoms with van der Waals surface area (Å²) in [6.07, 6.45) is 4.11. The van der Waals surface area contributed by atoms with Gasteiger partial charge in [-0.05, 0) is 46.2 Å². The van der Waals surface area contributed by atoms with E-state index in [0.717, 1.165) is 23.1 Å². The van der Waals surface area contributed by atoms with Gasteiger partial charge in [0.25, 0.3) is 0 Å². The summed E-state index contributed by atoms with van der Waals surface area (Å²) < 4.78 is 3.09. The molecule has 1 aliphatic carbocycles. The minimum atomic E-state index is 0.0589. The van der Waals surface area contributed by atoms with Crippen LogP contribution in [0.3, 0.4) is 0 Å². The molecule has 1 aliphatic rings. The zero-order valence-electron chi connectivity index (χ0n) is 11.7. The van der Waals surface area contributed by atoms with E-state index in [1.807, 2.05) is 6.20 Å². The Labute approximate surface area is 128 Å². The summed E-state index contributed by atoms with van der Waals surface area (Å²) in [5.74, 6) is 1.13. The van der Waals surface area contributed by atoms with Gasteiger partial charge in [0, 0.05) is 6.54 Å². The van der Waals surface area contributed by atoms with Crippen molar-refractivity contribution in [3.05, 3.63) is 52.3 Å². The number of benzene rings is 1. The molecule has 3 nitrogen and oxygen atoms in total. The van der Waals surface area contributed by atoms with Gasteiger partial charge in [-0.15, -0.1) is 0 Å². The molecule has 4 heteroatoms. The van der Waals surface area contributed by atoms with Crippen molar-refractivity contribution in [1.82, 2.24) is 9.78 Å². The van der Waals surface area contributed by atoms with Gasteiger partial charge in [-0.3, -0.25) is 4.68 Å². The molecule has 0 spiro atoms. The molecule has 3 unspecified atom stereocenters. The molecule has 1 fully saturated rings. The molecule has 1 heterocycles. The number of hydrogen-bond donors (Lipinski definition) is 1. The Hall–Kier alpha value is -1.13. The molecule has 1 saturated carbocycles. The van der Waals surface area contributed by atoms with Gasteiger partial charge in [0.05, 0.1) is 22.4 Å². The Morgan fingerprint density at radius 2 is 2.15 bits per heavy atom. The first-order chi connectivity index (χ1) is 9.72. The van der Waals surface area contributed by atoms with Gasteiger partial charge in [-0.1, -0.05) is 37.3 Å². The molecular weight excluding hydrogens is 314 g/mol. The zero-order chi connectivity index (χ0) is 14.1. The van der Waals surface area contributed by atoms with Crippen molar-refractivity contribution < 1.29 is 0 Å². The van der Waals surface area contributed by atoms with E-state index in [-0.39, 0.29) is 6.04 Å². The minimum Gasteiger partial charge on any atom is -0.322 e. The largest absolute Gasteiger partial charge is 0.322 e. The second-order valence-electron chi connectivity index (χ2n) is 5.54. The van der Waals surface area contributed by atoms with E-state index in [9.17, 15) is 0 Å². The summed E-state index contributed by atoms with van der Waals surface area (Å²) >= 11 is 3.60. The van der Waals surface area contributed by atoms with Crippen LogP contribution >= 0.6 is 15.9 Å². The van der Waals surface area contributed by atoms with Crippen molar-refractivity contribution >= 4 is 15.9 Å². The SMILES string of the molecule is CCCn1ncc(Br)c1C(N)C1CC1c1ccccc1. The summed E-state index contributed by atoms with van der Waals surface area (Å²) in [6, 6.07) is 10.7. The second-order valence-corrected chi connectivity index (χ2v) is 6.40. The highest BCUT2D eigenvalue weighted by atomic mass is 79.9. The molecule has 0 aliphatic heterocycles. The summed E-state index contributed by atoms with van der Waals surface area (Å²) in [4.78, 5) is 0. The fourth-order valence-electron chi connectivity index (χ4n) is 2.99. The Morgan fingerprint density at radius 3 is 2.85 bits per heavy atom. The number of halogens is 1. The lowest BCUT2D eigenvalue weighted by Crippen LogP contribution is -2.19. The van der Waals surface area contributed by atoms with Gasteiger partial charge < -0.3 is 5.73 Å². The lowest BCUT2D eigenvalue weighted by Gasteiger charge is -2.15. The standard InChI is InChI=1S/C16H20BrN3/c1-2-8-20-16(14(17)10-19-20)15(18)13-9-12(13)11-6-4-3-5-7-11/h3-7,10,12-13,15H,2,8-9,18H2,1H3. The van der Waals surface area contributed by atoms with Crippen LogP contribution in [0, 0.1) is 5.92 Å². The van der Waals surface area contributed by atoms with Crippen LogP contribution in [-0.4, -0.2) is 9.78 Å². The number of nitrogens with two attached hydrogens (primary N) is 1. The maximum atomic E-state index is 6.51. The van der Waals surface area contributed by atoms with Crippen LogP contribution in [-0.2, 0) is 6.54 Å². The van der Waals surface area contributed by atoms with Gasteiger partial charge in [-0.2, -0.15) is 5.10 Å². The molecule has 2 aromatic rings. The highest BCUT2D eigenvalue weighted by Crippen LogP contribution is 2.53. The number of aryl methyl sites for hydroxylation is 1. The van der Waals surface area contributed by atoms with Crippen LogP contribution in [0.2, 0.25) is 0 Å². The lowest BCUT2D eigenvalue weighted by atomic mass is 10.0. The van der Waals surface area contributed by atoms with Crippen LogP contribution in [0.1, 0.15) is 43.0 Å². The summed E-state index contributed by atoms with van der Waals surface area (Å²) in [5.41, 5.74) is 9.07. The predicted molar refractivity (Wildman–Crippen MR) is 84.4 cm³/mol. The molecule has 1 aromatic heterocycles. The van der Waals surface area contributed by atoms with Crippen molar-refractivity contribution in [2.24, 2.45) is 11.7 Å². The van der Waals surface area contributed by atoms with E-state index in [2.05, 4.69) is 63.0 Å². The summed E-state index contributed by atoms with van der Waals surface area (Å²) in [7, 11) is 0. The van der Waals surface area contributed by atoms with Crippen LogP contribution in [0.5, 0.6) is 0 Å². The monoisotopic (exact) mass is 333 g/mol. The van der Waals surface area contributed by atoms with Gasteiger partial charge >= 0.3 is 0 Å². The van der Waals surface area contributed by atoms with Crippen LogP contribution < -0.4 is 5.73 Å². The topological polar surface area (TPSA) is 43.8 Å². The van der Waals surface area contributed by atoms with Crippen LogP contribution in [0.25, 0.3) is 0 Å². The number of nitrogens with zero attached hydrogens (tertiary/aromatic N) is 2. The third-order valence-electron chi connectivity index (χ3n) is 4.11. The molecule has 3 rings (SSSR count). The molecule has 0 radical (unpaired) electrons. The second kappa shape index (κ2) is 5.70. The highest BCUT2D eigenvalue weighted by Gasteiger charge is 2.44. The summed E-state index contributed by atoms with van der Waals surface area (Å²) in [5, 5.41) is 4.42. The van der Waals surface area contributed by atoms with E-state index in [4.69, 9.17) is 5.73 Å². The number of rotatable bonds is 5. The Kier molecular flexibility index (Phi) is 3.94. The maximum Gasteiger partial charge on any atom is 0.0696 e. The highest BCUT2D eigenvalue weighted by molar-refractivity contribution is 9.10. The Balaban J connectivity index is 1.78. The van der Waals surface area contributed by atoms with E-state index in [1.165, 1.54) is 12.0 Å². The third-order valence-corrected chi connectivity index (χ3v) is 4.72. The first-order valence-corrected chi connectivity index (χ1v) is 8.03. The molecule has 20 heavy (non-hydrogen) atoms. The van der Waals surface area contributed by atoms with E-state index in [1.54, 1.807) is 0 Å². The molecule has 0 saturated heterocycles. The fraction of sp³-hybridized carbons (Fsp3) is 0.438. The molecule has 2 N–H and O–H groups in total. The van der Waals surface area contributed by atoms with Gasteiger partial charge in [0.1, 0.15) is 0 Å². The zero-order valence-corrected chi connectivity index (χ0v) is 13.3. The van der Waals surface area contributed by atoms with Crippen molar-refractivity contribution in [2.45, 2.75) is 38.3 Å². The molecule has 3 atom stereocenters. The third kappa shape index (κ3) is 2.54. The van der Waals surface area contributed by atoms with E-state index in [0.29, 0.717) is 11.8 Å². The van der Waals surface area contributed by atoms with Crippen molar-refractivity contribution in [3.63, 3.8) is 0 Å². The van der Waals surface area contributed by atoms with Gasteiger partial charge in [0.15, 0.2) is 0 Å². The Bertz CT molecular complexity index is 579. The fourth-order valence-corrected chi connectivity index (χ4v) is 3.55. The average Bonchev–Trinajstić information content (AvgIpc) is 3.19. The lowest BCUT2D eigenvalue weighted by molar-refractivity contribution is 0.506. The van der Waals surface area contributed by atoms with Crippen LogP contribution in [0.4, 0.5) is 0 Å². The van der Waals surface area contributed by atoms with Crippen molar-refractivity contribution in [3.8, 4) is 0 Å². The van der Waals surface area contributed by atoms with Crippen molar-refractivity contribution in [2.75, 3.05) is 0 Å². The first-order valence-electron chi connectivity index (χ1n) is 7.24. The number of hydrogen-bond acceptors (Lipinski definition) is 2. The summed E-state index contributed by atoms with van der Waals surface area (Å²) in [6.45, 7) is 3.09. The molecule has 0 amide bonds. The first kappa shape index (κ1) is 13.8. The van der Waals surface area contributed by atoms with Crippen molar-refractivity contribution in [1.29, 1.82) is 0 Å². The molecule has 106 valence electrons. The predicted octanol–water partition coefficient (Wildman–Crippen LogP) is 3.86. The molecule has 0 bridgehead atoms. The smallest absolute Gasteiger partial charge is 0.0696 e. The van der Waals surface area contributed by atoms with E-state index < -0.39 is 0 Å². The maximum absolute atomic E-state index is 6.51. The minimum absolute atomic E-state index is 0.0589. The van der Waals surface area contributed by atoms with Gasteiger partial charge in [-0.25, -0.2) is 0 Å². The molecule has 1 aromatic carbocycles. The normalized spacial score (nSPS) is 22.8.